The molecule has 1 aromatic rings. The molecule has 0 atom stereocenters. The van der Waals surface area contributed by atoms with Gasteiger partial charge in [0.25, 0.3) is 5.69 Å². The van der Waals surface area contributed by atoms with Crippen molar-refractivity contribution in [3.63, 3.8) is 0 Å². The number of Topliss-reactive ketones (excluding diaryl/α,β-unsaturated/α-hetero) is 1. The molecule has 0 unspecified atom stereocenters. The molecule has 0 saturated carbocycles. The summed E-state index contributed by atoms with van der Waals surface area (Å²) in [6, 6.07) is 4.78. The Morgan fingerprint density at radius 1 is 1.15 bits per heavy atom. The first kappa shape index (κ1) is 22.8. The standard InChI is InChI=1S/C20H30N2O5/c1-5-11-21(12-6-2)13-10-16-8-7-9-18(22(25)26)17(16)14-19(23)20(24)27-15(3)4/h7-9,15H,5-6,10-14H2,1-4H3. The summed E-state index contributed by atoms with van der Waals surface area (Å²) >= 11 is 0. The molecule has 0 spiro atoms. The summed E-state index contributed by atoms with van der Waals surface area (Å²) in [4.78, 5) is 37.3. The largest absolute Gasteiger partial charge is 0.457 e. The van der Waals surface area contributed by atoms with Crippen LogP contribution in [0, 0.1) is 10.1 Å². The van der Waals surface area contributed by atoms with Crippen molar-refractivity contribution in [3.8, 4) is 0 Å². The van der Waals surface area contributed by atoms with E-state index in [1.807, 2.05) is 0 Å². The predicted molar refractivity (Wildman–Crippen MR) is 104 cm³/mol. The number of nitrogens with zero attached hydrogens (tertiary/aromatic N) is 2. The van der Waals surface area contributed by atoms with E-state index in [0.29, 0.717) is 12.0 Å². The van der Waals surface area contributed by atoms with Crippen molar-refractivity contribution in [1.82, 2.24) is 4.90 Å². The van der Waals surface area contributed by atoms with E-state index in [4.69, 9.17) is 4.74 Å². The highest BCUT2D eigenvalue weighted by atomic mass is 16.6. The molecule has 0 aliphatic rings. The zero-order valence-electron chi connectivity index (χ0n) is 16.7. The van der Waals surface area contributed by atoms with E-state index in [-0.39, 0.29) is 12.1 Å². The van der Waals surface area contributed by atoms with Crippen LogP contribution in [-0.2, 0) is 27.2 Å². The fourth-order valence-electron chi connectivity index (χ4n) is 2.99. The Bertz CT molecular complexity index is 652. The summed E-state index contributed by atoms with van der Waals surface area (Å²) in [6.07, 6.45) is 1.91. The second-order valence-corrected chi connectivity index (χ2v) is 6.82. The van der Waals surface area contributed by atoms with Crippen molar-refractivity contribution >= 4 is 17.4 Å². The zero-order chi connectivity index (χ0) is 20.4. The lowest BCUT2D eigenvalue weighted by atomic mass is 9.97. The SMILES string of the molecule is CCCN(CCC)CCc1cccc([N+](=O)[O-])c1CC(=O)C(=O)OC(C)C. The molecule has 0 N–H and O–H groups in total. The first-order valence-corrected chi connectivity index (χ1v) is 9.51. The van der Waals surface area contributed by atoms with Gasteiger partial charge in [0, 0.05) is 18.2 Å². The van der Waals surface area contributed by atoms with Gasteiger partial charge >= 0.3 is 5.97 Å². The molecule has 1 aromatic carbocycles. The van der Waals surface area contributed by atoms with Gasteiger partial charge in [-0.1, -0.05) is 26.0 Å². The topological polar surface area (TPSA) is 89.8 Å². The summed E-state index contributed by atoms with van der Waals surface area (Å²) in [6.45, 7) is 10.2. The highest BCUT2D eigenvalue weighted by Crippen LogP contribution is 2.24. The van der Waals surface area contributed by atoms with Crippen molar-refractivity contribution in [2.75, 3.05) is 19.6 Å². The number of benzene rings is 1. The van der Waals surface area contributed by atoms with E-state index < -0.39 is 22.8 Å². The molecule has 0 fully saturated rings. The Morgan fingerprint density at radius 2 is 1.78 bits per heavy atom. The van der Waals surface area contributed by atoms with Crippen LogP contribution in [0.5, 0.6) is 0 Å². The third-order valence-electron chi connectivity index (χ3n) is 4.13. The third-order valence-corrected chi connectivity index (χ3v) is 4.13. The van der Waals surface area contributed by atoms with Crippen molar-refractivity contribution in [3.05, 3.63) is 39.4 Å². The number of carbonyl (C=O) groups is 2. The smallest absolute Gasteiger partial charge is 0.375 e. The second kappa shape index (κ2) is 11.4. The lowest BCUT2D eigenvalue weighted by Gasteiger charge is -2.21. The van der Waals surface area contributed by atoms with Gasteiger partial charge in [0.2, 0.25) is 5.78 Å². The zero-order valence-corrected chi connectivity index (χ0v) is 16.7. The van der Waals surface area contributed by atoms with Crippen molar-refractivity contribution < 1.29 is 19.2 Å². The quantitative estimate of drug-likeness (QED) is 0.240. The number of nitro benzene ring substituents is 1. The molecule has 0 saturated heterocycles. The Morgan fingerprint density at radius 3 is 2.30 bits per heavy atom. The Balaban J connectivity index is 3.04. The molecule has 27 heavy (non-hydrogen) atoms. The first-order chi connectivity index (χ1) is 12.8. The molecule has 7 heteroatoms. The lowest BCUT2D eigenvalue weighted by Crippen LogP contribution is -2.28. The average molecular weight is 378 g/mol. The van der Waals surface area contributed by atoms with Gasteiger partial charge in [-0.3, -0.25) is 14.9 Å². The molecule has 0 amide bonds. The summed E-state index contributed by atoms with van der Waals surface area (Å²) < 4.78 is 4.92. The van der Waals surface area contributed by atoms with Crippen LogP contribution < -0.4 is 0 Å². The molecule has 0 aliphatic heterocycles. The number of ether oxygens (including phenoxy) is 1. The lowest BCUT2D eigenvalue weighted by molar-refractivity contribution is -0.385. The van der Waals surface area contributed by atoms with Crippen molar-refractivity contribution in [2.45, 2.75) is 59.5 Å². The summed E-state index contributed by atoms with van der Waals surface area (Å²) in [5, 5.41) is 11.4. The first-order valence-electron chi connectivity index (χ1n) is 9.51. The van der Waals surface area contributed by atoms with E-state index in [1.165, 1.54) is 6.07 Å². The predicted octanol–water partition coefficient (Wildman–Crippen LogP) is 3.32. The number of ketones is 1. The highest BCUT2D eigenvalue weighted by Gasteiger charge is 2.25. The van der Waals surface area contributed by atoms with Gasteiger partial charge in [0.15, 0.2) is 0 Å². The van der Waals surface area contributed by atoms with Gasteiger partial charge in [-0.15, -0.1) is 0 Å². The van der Waals surface area contributed by atoms with Crippen LogP contribution in [0.25, 0.3) is 0 Å². The number of hydrogen-bond donors (Lipinski definition) is 0. The molecule has 0 aliphatic carbocycles. The Kier molecular flexibility index (Phi) is 9.64. The fraction of sp³-hybridized carbons (Fsp3) is 0.600. The average Bonchev–Trinajstić information content (AvgIpc) is 2.59. The Labute approximate surface area is 160 Å². The minimum Gasteiger partial charge on any atom is -0.457 e. The minimum absolute atomic E-state index is 0.129. The van der Waals surface area contributed by atoms with Crippen molar-refractivity contribution in [2.24, 2.45) is 0 Å². The number of nitro groups is 1. The monoisotopic (exact) mass is 378 g/mol. The summed E-state index contributed by atoms with van der Waals surface area (Å²) in [7, 11) is 0. The van der Waals surface area contributed by atoms with Crippen molar-refractivity contribution in [1.29, 1.82) is 0 Å². The third kappa shape index (κ3) is 7.46. The molecular weight excluding hydrogens is 348 g/mol. The number of hydrogen-bond acceptors (Lipinski definition) is 6. The molecule has 0 heterocycles. The highest BCUT2D eigenvalue weighted by molar-refractivity contribution is 6.34. The van der Waals surface area contributed by atoms with E-state index >= 15 is 0 Å². The van der Waals surface area contributed by atoms with Crippen LogP contribution in [0.3, 0.4) is 0 Å². The van der Waals surface area contributed by atoms with Crippen LogP contribution in [0.1, 0.15) is 51.7 Å². The van der Waals surface area contributed by atoms with Gasteiger partial charge in [-0.05, 0) is 51.8 Å². The molecule has 7 nitrogen and oxygen atoms in total. The summed E-state index contributed by atoms with van der Waals surface area (Å²) in [5.74, 6) is -1.72. The van der Waals surface area contributed by atoms with E-state index in [2.05, 4.69) is 18.7 Å². The van der Waals surface area contributed by atoms with E-state index in [9.17, 15) is 19.7 Å². The van der Waals surface area contributed by atoms with Crippen LogP contribution in [-0.4, -0.2) is 47.3 Å². The maximum atomic E-state index is 12.2. The number of carbonyl (C=O) groups excluding carboxylic acids is 2. The molecule has 0 aromatic heterocycles. The summed E-state index contributed by atoms with van der Waals surface area (Å²) in [5.41, 5.74) is 0.906. The molecule has 0 radical (unpaired) electrons. The van der Waals surface area contributed by atoms with Gasteiger partial charge in [0.1, 0.15) is 0 Å². The Hall–Kier alpha value is -2.28. The number of rotatable bonds is 12. The van der Waals surface area contributed by atoms with Crippen LogP contribution >= 0.6 is 0 Å². The van der Waals surface area contributed by atoms with Crippen LogP contribution in [0.2, 0.25) is 0 Å². The van der Waals surface area contributed by atoms with Gasteiger partial charge in [0.05, 0.1) is 17.4 Å². The second-order valence-electron chi connectivity index (χ2n) is 6.82. The minimum atomic E-state index is -0.951. The van der Waals surface area contributed by atoms with Gasteiger partial charge < -0.3 is 9.64 Å². The maximum Gasteiger partial charge on any atom is 0.375 e. The van der Waals surface area contributed by atoms with Gasteiger partial charge in [-0.2, -0.15) is 0 Å². The van der Waals surface area contributed by atoms with E-state index in [0.717, 1.165) is 38.0 Å². The van der Waals surface area contributed by atoms with Crippen LogP contribution in [0.15, 0.2) is 18.2 Å². The molecular formula is C20H30N2O5. The van der Waals surface area contributed by atoms with E-state index in [1.54, 1.807) is 26.0 Å². The fourth-order valence-corrected chi connectivity index (χ4v) is 2.99. The molecule has 0 bridgehead atoms. The molecule has 150 valence electrons. The maximum absolute atomic E-state index is 12.2. The van der Waals surface area contributed by atoms with Gasteiger partial charge in [-0.25, -0.2) is 4.79 Å². The van der Waals surface area contributed by atoms with Crippen LogP contribution in [0.4, 0.5) is 5.69 Å². The normalized spacial score (nSPS) is 11.0. The molecule has 1 rings (SSSR count). The number of esters is 1.